The van der Waals surface area contributed by atoms with Crippen LogP contribution in [0, 0.1) is 0 Å². The van der Waals surface area contributed by atoms with Gasteiger partial charge >= 0.3 is 11.8 Å². The normalized spacial score (nSPS) is 21.4. The SMILES string of the molecule is O=C(NCCc1ccc(Cl)cc1)C(=O)NC[C@@H]1COC2(CCCC2)O1. The number of hydrogen-bond donors (Lipinski definition) is 2. The molecule has 1 aliphatic carbocycles. The summed E-state index contributed by atoms with van der Waals surface area (Å²) in [5, 5.41) is 5.90. The second-order valence-electron chi connectivity index (χ2n) is 6.51. The lowest BCUT2D eigenvalue weighted by Gasteiger charge is -2.21. The summed E-state index contributed by atoms with van der Waals surface area (Å²) in [6.45, 7) is 1.13. The Balaban J connectivity index is 1.34. The summed E-state index contributed by atoms with van der Waals surface area (Å²) < 4.78 is 11.7. The van der Waals surface area contributed by atoms with Crippen molar-refractivity contribution in [1.82, 2.24) is 10.6 Å². The lowest BCUT2D eigenvalue weighted by atomic mass is 10.1. The topological polar surface area (TPSA) is 76.7 Å². The van der Waals surface area contributed by atoms with E-state index in [1.807, 2.05) is 12.1 Å². The molecule has 2 aliphatic rings. The van der Waals surface area contributed by atoms with Crippen molar-refractivity contribution >= 4 is 23.4 Å². The van der Waals surface area contributed by atoms with Gasteiger partial charge in [0.2, 0.25) is 0 Å². The first kappa shape index (κ1) is 18.2. The maximum absolute atomic E-state index is 11.9. The zero-order valence-corrected chi connectivity index (χ0v) is 14.8. The van der Waals surface area contributed by atoms with Gasteiger partial charge in [-0.25, -0.2) is 0 Å². The Kier molecular flexibility index (Phi) is 5.93. The molecule has 0 radical (unpaired) electrons. The largest absolute Gasteiger partial charge is 0.348 e. The fraction of sp³-hybridized carbons (Fsp3) is 0.556. The van der Waals surface area contributed by atoms with Crippen molar-refractivity contribution in [2.24, 2.45) is 0 Å². The van der Waals surface area contributed by atoms with Crippen molar-refractivity contribution in [3.05, 3.63) is 34.9 Å². The third-order valence-electron chi connectivity index (χ3n) is 4.59. The molecule has 136 valence electrons. The molecule has 25 heavy (non-hydrogen) atoms. The van der Waals surface area contributed by atoms with E-state index in [1.165, 1.54) is 0 Å². The van der Waals surface area contributed by atoms with E-state index in [9.17, 15) is 9.59 Å². The number of benzene rings is 1. The standard InChI is InChI=1S/C18H23ClN2O4/c19-14-5-3-13(4-6-14)7-10-20-16(22)17(23)21-11-15-12-24-18(25-15)8-1-2-9-18/h3-6,15H,1-2,7-12H2,(H,20,22)(H,21,23)/t15-/m1/s1. The van der Waals surface area contributed by atoms with Crippen LogP contribution in [0.4, 0.5) is 0 Å². The monoisotopic (exact) mass is 366 g/mol. The molecular weight excluding hydrogens is 344 g/mol. The molecule has 1 aromatic carbocycles. The quantitative estimate of drug-likeness (QED) is 0.779. The van der Waals surface area contributed by atoms with Crippen LogP contribution in [-0.2, 0) is 25.5 Å². The number of nitrogens with one attached hydrogen (secondary N) is 2. The van der Waals surface area contributed by atoms with Crippen LogP contribution >= 0.6 is 11.6 Å². The molecule has 1 saturated heterocycles. The predicted molar refractivity (Wildman–Crippen MR) is 93.2 cm³/mol. The second-order valence-corrected chi connectivity index (χ2v) is 6.95. The molecule has 3 rings (SSSR count). The first-order chi connectivity index (χ1) is 12.1. The molecule has 1 aliphatic heterocycles. The van der Waals surface area contributed by atoms with E-state index in [2.05, 4.69) is 10.6 Å². The van der Waals surface area contributed by atoms with E-state index in [0.717, 1.165) is 31.2 Å². The minimum absolute atomic E-state index is 0.191. The van der Waals surface area contributed by atoms with Crippen molar-refractivity contribution in [3.63, 3.8) is 0 Å². The van der Waals surface area contributed by atoms with Crippen LogP contribution in [0.25, 0.3) is 0 Å². The molecule has 1 heterocycles. The van der Waals surface area contributed by atoms with Crippen LogP contribution in [0.15, 0.2) is 24.3 Å². The van der Waals surface area contributed by atoms with Crippen molar-refractivity contribution in [1.29, 1.82) is 0 Å². The highest BCUT2D eigenvalue weighted by Gasteiger charge is 2.43. The average Bonchev–Trinajstić information content (AvgIpc) is 3.24. The van der Waals surface area contributed by atoms with E-state index in [1.54, 1.807) is 12.1 Å². The minimum atomic E-state index is -0.646. The molecule has 0 bridgehead atoms. The second kappa shape index (κ2) is 8.17. The fourth-order valence-corrected chi connectivity index (χ4v) is 3.36. The summed E-state index contributed by atoms with van der Waals surface area (Å²) in [6.07, 6.45) is 4.47. The Morgan fingerprint density at radius 3 is 2.52 bits per heavy atom. The Morgan fingerprint density at radius 1 is 1.12 bits per heavy atom. The van der Waals surface area contributed by atoms with Crippen molar-refractivity contribution in [2.45, 2.75) is 44.0 Å². The summed E-state index contributed by atoms with van der Waals surface area (Å²) in [4.78, 5) is 23.7. The third-order valence-corrected chi connectivity index (χ3v) is 4.84. The lowest BCUT2D eigenvalue weighted by molar-refractivity contribution is -0.161. The first-order valence-electron chi connectivity index (χ1n) is 8.69. The Bertz CT molecular complexity index is 614. The molecule has 0 aromatic heterocycles. The molecular formula is C18H23ClN2O4. The zero-order chi connectivity index (χ0) is 17.7. The molecule has 7 heteroatoms. The van der Waals surface area contributed by atoms with Crippen LogP contribution in [-0.4, -0.2) is 43.4 Å². The predicted octanol–water partition coefficient (Wildman–Crippen LogP) is 1.80. The minimum Gasteiger partial charge on any atom is -0.348 e. The van der Waals surface area contributed by atoms with Gasteiger partial charge in [0.05, 0.1) is 6.61 Å². The van der Waals surface area contributed by atoms with E-state index >= 15 is 0 Å². The van der Waals surface area contributed by atoms with Crippen molar-refractivity contribution in [3.8, 4) is 0 Å². The highest BCUT2D eigenvalue weighted by molar-refractivity contribution is 6.35. The van der Waals surface area contributed by atoms with E-state index < -0.39 is 17.6 Å². The number of carbonyl (C=O) groups excluding carboxylic acids is 2. The highest BCUT2D eigenvalue weighted by Crippen LogP contribution is 2.38. The summed E-state index contributed by atoms with van der Waals surface area (Å²) in [6, 6.07) is 7.38. The van der Waals surface area contributed by atoms with Gasteiger partial charge in [0.1, 0.15) is 6.10 Å². The number of hydrogen-bond acceptors (Lipinski definition) is 4. The molecule has 0 unspecified atom stereocenters. The van der Waals surface area contributed by atoms with Crippen molar-refractivity contribution in [2.75, 3.05) is 19.7 Å². The first-order valence-corrected chi connectivity index (χ1v) is 9.06. The molecule has 1 spiro atoms. The van der Waals surface area contributed by atoms with Crippen LogP contribution < -0.4 is 10.6 Å². The van der Waals surface area contributed by atoms with Crippen LogP contribution in [0.3, 0.4) is 0 Å². The number of carbonyl (C=O) groups is 2. The summed E-state index contributed by atoms with van der Waals surface area (Å²) in [5.74, 6) is -1.73. The maximum atomic E-state index is 11.9. The molecule has 2 fully saturated rings. The molecule has 6 nitrogen and oxygen atoms in total. The molecule has 2 amide bonds. The van der Waals surface area contributed by atoms with Gasteiger partial charge in [0, 0.05) is 31.0 Å². The molecule has 1 atom stereocenters. The molecule has 2 N–H and O–H groups in total. The van der Waals surface area contributed by atoms with Gasteiger partial charge in [-0.1, -0.05) is 23.7 Å². The smallest absolute Gasteiger partial charge is 0.309 e. The highest BCUT2D eigenvalue weighted by atomic mass is 35.5. The van der Waals surface area contributed by atoms with Gasteiger partial charge in [-0.15, -0.1) is 0 Å². The maximum Gasteiger partial charge on any atom is 0.309 e. The molecule has 1 saturated carbocycles. The van der Waals surface area contributed by atoms with Gasteiger partial charge in [-0.2, -0.15) is 0 Å². The number of rotatable bonds is 5. The van der Waals surface area contributed by atoms with Gasteiger partial charge in [-0.05, 0) is 37.0 Å². The van der Waals surface area contributed by atoms with E-state index in [4.69, 9.17) is 21.1 Å². The Hall–Kier alpha value is -1.63. The van der Waals surface area contributed by atoms with Crippen molar-refractivity contribution < 1.29 is 19.1 Å². The zero-order valence-electron chi connectivity index (χ0n) is 14.1. The number of amides is 2. The van der Waals surface area contributed by atoms with E-state index in [-0.39, 0.29) is 12.6 Å². The number of ether oxygens (including phenoxy) is 2. The molecule has 1 aromatic rings. The fourth-order valence-electron chi connectivity index (χ4n) is 3.23. The average molecular weight is 367 g/mol. The van der Waals surface area contributed by atoms with Gasteiger partial charge in [0.25, 0.3) is 0 Å². The summed E-state index contributed by atoms with van der Waals surface area (Å²) in [5.41, 5.74) is 1.04. The lowest BCUT2D eigenvalue weighted by Crippen LogP contribution is -2.44. The van der Waals surface area contributed by atoms with Crippen LogP contribution in [0.2, 0.25) is 5.02 Å². The van der Waals surface area contributed by atoms with Gasteiger partial charge in [0.15, 0.2) is 5.79 Å². The third kappa shape index (κ3) is 4.93. The number of halogens is 1. The van der Waals surface area contributed by atoms with Crippen LogP contribution in [0.1, 0.15) is 31.2 Å². The van der Waals surface area contributed by atoms with Gasteiger partial charge < -0.3 is 20.1 Å². The van der Waals surface area contributed by atoms with Crippen LogP contribution in [0.5, 0.6) is 0 Å². The Morgan fingerprint density at radius 2 is 1.80 bits per heavy atom. The summed E-state index contributed by atoms with van der Waals surface area (Å²) >= 11 is 5.82. The van der Waals surface area contributed by atoms with E-state index in [0.29, 0.717) is 24.6 Å². The summed E-state index contributed by atoms with van der Waals surface area (Å²) in [7, 11) is 0. The van der Waals surface area contributed by atoms with Gasteiger partial charge in [-0.3, -0.25) is 9.59 Å². The Labute approximate surface area is 152 Å².